The topological polar surface area (TPSA) is 42.8 Å². The Labute approximate surface area is 118 Å². The Hall–Kier alpha value is -1.46. The molecule has 5 heteroatoms. The van der Waals surface area contributed by atoms with Crippen LogP contribution in [0.1, 0.15) is 20.3 Å². The summed E-state index contributed by atoms with van der Waals surface area (Å²) in [5.74, 6) is -0.334. The number of nitrogens with one attached hydrogen (secondary N) is 2. The van der Waals surface area contributed by atoms with E-state index in [2.05, 4.69) is 19.2 Å². The lowest BCUT2D eigenvalue weighted by atomic mass is 10.2. The van der Waals surface area contributed by atoms with Crippen molar-refractivity contribution >= 4 is 11.6 Å². The number of rotatable bonds is 4. The summed E-state index contributed by atoms with van der Waals surface area (Å²) in [4.78, 5) is 13.2. The zero-order chi connectivity index (χ0) is 14.5. The summed E-state index contributed by atoms with van der Waals surface area (Å²) in [5, 5.41) is 2.78. The number of hydrogen-bond donors (Lipinski definition) is 2. The van der Waals surface area contributed by atoms with Crippen molar-refractivity contribution in [2.75, 3.05) is 25.0 Å². The summed E-state index contributed by atoms with van der Waals surface area (Å²) in [6.07, 6.45) is 0.953. The molecule has 1 heterocycles. The first-order valence-corrected chi connectivity index (χ1v) is 7.07. The summed E-state index contributed by atoms with van der Waals surface area (Å²) < 4.78 is 18.4. The minimum atomic E-state index is -0.302. The summed E-state index contributed by atoms with van der Waals surface area (Å²) in [6, 6.07) is 5.82. The third-order valence-corrected chi connectivity index (χ3v) is 3.45. The zero-order valence-electron chi connectivity index (χ0n) is 12.0. The number of carbonyl (C=O) groups is 1. The third-order valence-electron chi connectivity index (χ3n) is 3.45. The zero-order valence-corrected chi connectivity index (χ0v) is 12.0. The van der Waals surface area contributed by atoms with Crippen molar-refractivity contribution < 1.29 is 18.8 Å². The van der Waals surface area contributed by atoms with Crippen LogP contribution in [0.15, 0.2) is 24.3 Å². The third kappa shape index (κ3) is 4.58. The average molecular weight is 281 g/mol. The molecule has 0 radical (unpaired) electrons. The van der Waals surface area contributed by atoms with E-state index in [0.29, 0.717) is 12.1 Å². The molecule has 0 aliphatic carbocycles. The van der Waals surface area contributed by atoms with Crippen LogP contribution in [0.3, 0.4) is 0 Å². The van der Waals surface area contributed by atoms with Crippen molar-refractivity contribution in [3.63, 3.8) is 0 Å². The molecule has 1 aromatic carbocycles. The molecule has 0 bridgehead atoms. The monoisotopic (exact) mass is 281 g/mol. The summed E-state index contributed by atoms with van der Waals surface area (Å²) >= 11 is 0. The molecular formula is C15H22FN2O2+. The fourth-order valence-corrected chi connectivity index (χ4v) is 2.64. The van der Waals surface area contributed by atoms with E-state index in [9.17, 15) is 9.18 Å². The molecule has 2 atom stereocenters. The highest BCUT2D eigenvalue weighted by molar-refractivity contribution is 5.90. The van der Waals surface area contributed by atoms with Crippen molar-refractivity contribution in [2.24, 2.45) is 0 Å². The Morgan fingerprint density at radius 1 is 1.30 bits per heavy atom. The Morgan fingerprint density at radius 3 is 2.50 bits per heavy atom. The van der Waals surface area contributed by atoms with Crippen molar-refractivity contribution in [1.29, 1.82) is 0 Å². The van der Waals surface area contributed by atoms with Gasteiger partial charge in [-0.15, -0.1) is 0 Å². The van der Waals surface area contributed by atoms with Gasteiger partial charge in [0.2, 0.25) is 5.91 Å². The van der Waals surface area contributed by atoms with Crippen LogP contribution in [-0.4, -0.2) is 37.7 Å². The smallest absolute Gasteiger partial charge is 0.230 e. The first kappa shape index (κ1) is 14.9. The second-order valence-electron chi connectivity index (χ2n) is 5.47. The number of carbonyl (C=O) groups excluding carboxylic acids is 1. The Bertz CT molecular complexity index is 440. The maximum atomic E-state index is 12.8. The van der Waals surface area contributed by atoms with Crippen molar-refractivity contribution in [3.8, 4) is 0 Å². The second kappa shape index (κ2) is 6.81. The SMILES string of the molecule is CC1C[NH+](CCC(=O)Nc2ccc(F)cc2)CC(C)O1. The van der Waals surface area contributed by atoms with Crippen molar-refractivity contribution in [1.82, 2.24) is 0 Å². The molecular weight excluding hydrogens is 259 g/mol. The van der Waals surface area contributed by atoms with E-state index in [-0.39, 0.29) is 23.9 Å². The van der Waals surface area contributed by atoms with Crippen LogP contribution in [-0.2, 0) is 9.53 Å². The fourth-order valence-electron chi connectivity index (χ4n) is 2.64. The van der Waals surface area contributed by atoms with Crippen molar-refractivity contribution in [3.05, 3.63) is 30.1 Å². The first-order chi connectivity index (χ1) is 9.52. The molecule has 2 unspecified atom stereocenters. The molecule has 110 valence electrons. The Kier molecular flexibility index (Phi) is 5.09. The predicted octanol–water partition coefficient (Wildman–Crippen LogP) is 0.846. The lowest BCUT2D eigenvalue weighted by Crippen LogP contribution is -3.15. The number of amides is 1. The fraction of sp³-hybridized carbons (Fsp3) is 0.533. The Balaban J connectivity index is 1.76. The average Bonchev–Trinajstić information content (AvgIpc) is 2.38. The first-order valence-electron chi connectivity index (χ1n) is 7.07. The second-order valence-corrected chi connectivity index (χ2v) is 5.47. The molecule has 2 rings (SSSR count). The number of anilines is 1. The molecule has 0 aromatic heterocycles. The highest BCUT2D eigenvalue weighted by Gasteiger charge is 2.25. The molecule has 1 aliphatic rings. The van der Waals surface area contributed by atoms with Crippen LogP contribution in [0.4, 0.5) is 10.1 Å². The number of halogens is 1. The van der Waals surface area contributed by atoms with Crippen LogP contribution in [0.5, 0.6) is 0 Å². The lowest BCUT2D eigenvalue weighted by molar-refractivity contribution is -0.914. The van der Waals surface area contributed by atoms with E-state index in [1.54, 1.807) is 12.1 Å². The molecule has 4 nitrogen and oxygen atoms in total. The van der Waals surface area contributed by atoms with Crippen LogP contribution in [0, 0.1) is 5.82 Å². The van der Waals surface area contributed by atoms with E-state index < -0.39 is 0 Å². The molecule has 20 heavy (non-hydrogen) atoms. The van der Waals surface area contributed by atoms with Crippen LogP contribution >= 0.6 is 0 Å². The minimum absolute atomic E-state index is 0.0316. The quantitative estimate of drug-likeness (QED) is 0.859. The largest absolute Gasteiger partial charge is 0.364 e. The highest BCUT2D eigenvalue weighted by Crippen LogP contribution is 2.08. The van der Waals surface area contributed by atoms with E-state index in [1.807, 2.05) is 0 Å². The minimum Gasteiger partial charge on any atom is -0.364 e. The van der Waals surface area contributed by atoms with Gasteiger partial charge in [-0.1, -0.05) is 0 Å². The normalized spacial score (nSPS) is 26.2. The maximum Gasteiger partial charge on any atom is 0.230 e. The van der Waals surface area contributed by atoms with Crippen LogP contribution in [0.25, 0.3) is 0 Å². The van der Waals surface area contributed by atoms with Crippen molar-refractivity contribution in [2.45, 2.75) is 32.5 Å². The predicted molar refractivity (Wildman–Crippen MR) is 75.2 cm³/mol. The number of hydrogen-bond acceptors (Lipinski definition) is 2. The number of benzene rings is 1. The highest BCUT2D eigenvalue weighted by atomic mass is 19.1. The van der Waals surface area contributed by atoms with Crippen LogP contribution < -0.4 is 10.2 Å². The van der Waals surface area contributed by atoms with Gasteiger partial charge in [0.25, 0.3) is 0 Å². The van der Waals surface area contributed by atoms with Gasteiger partial charge in [0, 0.05) is 5.69 Å². The number of morpholine rings is 1. The van der Waals surface area contributed by atoms with Gasteiger partial charge < -0.3 is 15.0 Å². The standard InChI is InChI=1S/C15H21FN2O2/c1-11-9-18(10-12(2)20-11)8-7-15(19)17-14-5-3-13(16)4-6-14/h3-6,11-12H,7-10H2,1-2H3,(H,17,19)/p+1. The van der Waals surface area contributed by atoms with E-state index in [1.165, 1.54) is 17.0 Å². The van der Waals surface area contributed by atoms with Gasteiger partial charge in [-0.3, -0.25) is 4.79 Å². The van der Waals surface area contributed by atoms with Gasteiger partial charge in [-0.25, -0.2) is 4.39 Å². The van der Waals surface area contributed by atoms with Gasteiger partial charge in [0.05, 0.1) is 13.0 Å². The van der Waals surface area contributed by atoms with Gasteiger partial charge in [0.15, 0.2) is 0 Å². The summed E-state index contributed by atoms with van der Waals surface area (Å²) in [5.41, 5.74) is 0.634. The molecule has 1 saturated heterocycles. The van der Waals surface area contributed by atoms with E-state index in [4.69, 9.17) is 4.74 Å². The van der Waals surface area contributed by atoms with Gasteiger partial charge in [-0.05, 0) is 38.1 Å². The van der Waals surface area contributed by atoms with Gasteiger partial charge in [0.1, 0.15) is 31.1 Å². The molecule has 0 spiro atoms. The van der Waals surface area contributed by atoms with E-state index >= 15 is 0 Å². The van der Waals surface area contributed by atoms with E-state index in [0.717, 1.165) is 19.6 Å². The number of ether oxygens (including phenoxy) is 1. The van der Waals surface area contributed by atoms with Crippen LogP contribution in [0.2, 0.25) is 0 Å². The molecule has 1 fully saturated rings. The molecule has 1 aromatic rings. The maximum absolute atomic E-state index is 12.8. The molecule has 2 N–H and O–H groups in total. The molecule has 1 amide bonds. The van der Waals surface area contributed by atoms with Gasteiger partial charge in [-0.2, -0.15) is 0 Å². The summed E-state index contributed by atoms with van der Waals surface area (Å²) in [7, 11) is 0. The lowest BCUT2D eigenvalue weighted by Gasteiger charge is -2.32. The molecule has 0 saturated carbocycles. The molecule has 1 aliphatic heterocycles. The van der Waals surface area contributed by atoms with Gasteiger partial charge >= 0.3 is 0 Å². The summed E-state index contributed by atoms with van der Waals surface area (Å²) in [6.45, 7) is 6.80. The Morgan fingerprint density at radius 2 is 1.90 bits per heavy atom. The number of quaternary nitrogens is 1.